The van der Waals surface area contributed by atoms with Crippen molar-refractivity contribution in [2.45, 2.75) is 12.6 Å². The van der Waals surface area contributed by atoms with Gasteiger partial charge in [-0.25, -0.2) is 4.79 Å². The monoisotopic (exact) mass is 299 g/mol. The summed E-state index contributed by atoms with van der Waals surface area (Å²) in [5, 5.41) is 2.44. The van der Waals surface area contributed by atoms with Crippen LogP contribution in [0.4, 0.5) is 0 Å². The molecule has 5 heteroatoms. The Bertz CT molecular complexity index is 628. The molecule has 2 aromatic carbocycles. The summed E-state index contributed by atoms with van der Waals surface area (Å²) in [5.74, 6) is 0.0789. The fourth-order valence-corrected chi connectivity index (χ4v) is 2.01. The smallest absolute Gasteiger partial charge is 0.333 e. The lowest BCUT2D eigenvalue weighted by atomic mass is 10.1. The van der Waals surface area contributed by atoms with Crippen molar-refractivity contribution in [3.63, 3.8) is 0 Å². The molecule has 0 saturated heterocycles. The molecule has 22 heavy (non-hydrogen) atoms. The van der Waals surface area contributed by atoms with Crippen molar-refractivity contribution in [3.05, 3.63) is 65.7 Å². The van der Waals surface area contributed by atoms with Gasteiger partial charge in [-0.1, -0.05) is 42.5 Å². The van der Waals surface area contributed by atoms with Crippen LogP contribution < -0.4 is 10.1 Å². The average Bonchev–Trinajstić information content (AvgIpc) is 2.58. The van der Waals surface area contributed by atoms with Crippen LogP contribution in [0, 0.1) is 0 Å². The minimum Gasteiger partial charge on any atom is -0.489 e. The molecule has 0 bridgehead atoms. The molecule has 0 radical (unpaired) electrons. The topological polar surface area (TPSA) is 64.6 Å². The van der Waals surface area contributed by atoms with Crippen LogP contribution in [0.1, 0.15) is 17.2 Å². The number of carbonyl (C=O) groups excluding carboxylic acids is 2. The molecule has 1 N–H and O–H groups in total. The zero-order chi connectivity index (χ0) is 15.8. The van der Waals surface area contributed by atoms with E-state index in [9.17, 15) is 9.59 Å². The van der Waals surface area contributed by atoms with Crippen LogP contribution >= 0.6 is 0 Å². The Balaban J connectivity index is 2.11. The Kier molecular flexibility index (Phi) is 5.54. The second kappa shape index (κ2) is 7.83. The summed E-state index contributed by atoms with van der Waals surface area (Å²) in [6.45, 7) is 0.425. The zero-order valence-corrected chi connectivity index (χ0v) is 12.2. The van der Waals surface area contributed by atoms with Gasteiger partial charge in [-0.15, -0.1) is 0 Å². The predicted octanol–water partition coefficient (Wildman–Crippen LogP) is 2.23. The summed E-state index contributed by atoms with van der Waals surface area (Å²) in [6, 6.07) is 15.9. The van der Waals surface area contributed by atoms with Crippen LogP contribution in [0.3, 0.4) is 0 Å². The van der Waals surface area contributed by atoms with Crippen molar-refractivity contribution < 1.29 is 19.1 Å². The number of rotatable bonds is 7. The van der Waals surface area contributed by atoms with Crippen molar-refractivity contribution in [3.8, 4) is 5.75 Å². The Morgan fingerprint density at radius 3 is 2.64 bits per heavy atom. The fourth-order valence-electron chi connectivity index (χ4n) is 2.01. The molecule has 1 amide bonds. The largest absolute Gasteiger partial charge is 0.489 e. The molecule has 0 fully saturated rings. The highest BCUT2D eigenvalue weighted by molar-refractivity contribution is 5.80. The third-order valence-corrected chi connectivity index (χ3v) is 3.11. The highest BCUT2D eigenvalue weighted by Gasteiger charge is 2.20. The molecule has 0 heterocycles. The quantitative estimate of drug-likeness (QED) is 0.629. The highest BCUT2D eigenvalue weighted by Crippen LogP contribution is 2.21. The van der Waals surface area contributed by atoms with E-state index < -0.39 is 12.0 Å². The first-order valence-corrected chi connectivity index (χ1v) is 6.79. The van der Waals surface area contributed by atoms with E-state index in [0.29, 0.717) is 24.3 Å². The molecule has 0 aliphatic carbocycles. The number of esters is 1. The van der Waals surface area contributed by atoms with E-state index in [2.05, 4.69) is 10.1 Å². The number of hydrogen-bond acceptors (Lipinski definition) is 4. The molecule has 2 aromatic rings. The van der Waals surface area contributed by atoms with Crippen molar-refractivity contribution >= 4 is 12.4 Å². The molecule has 0 aliphatic rings. The first-order valence-electron chi connectivity index (χ1n) is 6.79. The average molecular weight is 299 g/mol. The number of benzene rings is 2. The van der Waals surface area contributed by atoms with E-state index in [1.54, 1.807) is 24.3 Å². The van der Waals surface area contributed by atoms with Crippen LogP contribution in [-0.4, -0.2) is 19.5 Å². The molecular formula is C17H17NO4. The van der Waals surface area contributed by atoms with E-state index >= 15 is 0 Å². The lowest BCUT2D eigenvalue weighted by molar-refractivity contribution is -0.144. The lowest BCUT2D eigenvalue weighted by Gasteiger charge is -2.15. The maximum absolute atomic E-state index is 11.7. The van der Waals surface area contributed by atoms with Crippen molar-refractivity contribution in [2.24, 2.45) is 0 Å². The second-order valence-electron chi connectivity index (χ2n) is 4.59. The highest BCUT2D eigenvalue weighted by atomic mass is 16.5. The summed E-state index contributed by atoms with van der Waals surface area (Å²) in [4.78, 5) is 22.4. The fraction of sp³-hybridized carbons (Fsp3) is 0.176. The van der Waals surface area contributed by atoms with Gasteiger partial charge in [-0.05, 0) is 23.3 Å². The third kappa shape index (κ3) is 4.09. The van der Waals surface area contributed by atoms with Gasteiger partial charge in [0.05, 0.1) is 7.11 Å². The molecule has 1 atom stereocenters. The maximum Gasteiger partial charge on any atom is 0.333 e. The van der Waals surface area contributed by atoms with Gasteiger partial charge in [0.15, 0.2) is 6.04 Å². The van der Waals surface area contributed by atoms with Gasteiger partial charge in [0.25, 0.3) is 0 Å². The van der Waals surface area contributed by atoms with Crippen molar-refractivity contribution in [1.82, 2.24) is 5.32 Å². The Morgan fingerprint density at radius 1 is 1.18 bits per heavy atom. The molecule has 0 spiro atoms. The second-order valence-corrected chi connectivity index (χ2v) is 4.59. The van der Waals surface area contributed by atoms with E-state index in [1.165, 1.54) is 7.11 Å². The molecule has 5 nitrogen and oxygen atoms in total. The van der Waals surface area contributed by atoms with Gasteiger partial charge in [0.1, 0.15) is 12.4 Å². The standard InChI is InChI=1S/C17H17NO4/c1-21-17(20)16(18-12-19)14-8-5-9-15(10-14)22-11-13-6-3-2-4-7-13/h2-10,12,16H,11H2,1H3,(H,18,19). The van der Waals surface area contributed by atoms with E-state index in [4.69, 9.17) is 4.74 Å². The first-order chi connectivity index (χ1) is 10.7. The summed E-state index contributed by atoms with van der Waals surface area (Å²) >= 11 is 0. The van der Waals surface area contributed by atoms with E-state index in [1.807, 2.05) is 30.3 Å². The summed E-state index contributed by atoms with van der Waals surface area (Å²) in [7, 11) is 1.28. The number of methoxy groups -OCH3 is 1. The van der Waals surface area contributed by atoms with Crippen molar-refractivity contribution in [2.75, 3.05) is 7.11 Å². The minimum atomic E-state index is -0.845. The number of ether oxygens (including phenoxy) is 2. The van der Waals surface area contributed by atoms with Crippen LogP contribution in [0.2, 0.25) is 0 Å². The molecule has 0 saturated carbocycles. The minimum absolute atomic E-state index is 0.425. The first kappa shape index (κ1) is 15.6. The van der Waals surface area contributed by atoms with Crippen molar-refractivity contribution in [1.29, 1.82) is 0 Å². The number of carbonyl (C=O) groups is 2. The molecule has 0 aromatic heterocycles. The van der Waals surface area contributed by atoms with Crippen LogP contribution in [0.5, 0.6) is 5.75 Å². The van der Waals surface area contributed by atoms with E-state index in [-0.39, 0.29) is 0 Å². The molecular weight excluding hydrogens is 282 g/mol. The lowest BCUT2D eigenvalue weighted by Crippen LogP contribution is -2.28. The SMILES string of the molecule is COC(=O)C(NC=O)c1cccc(OCc2ccccc2)c1. The molecule has 114 valence electrons. The van der Waals surface area contributed by atoms with Gasteiger partial charge in [-0.2, -0.15) is 0 Å². The Morgan fingerprint density at radius 2 is 1.95 bits per heavy atom. The van der Waals surface area contributed by atoms with Gasteiger partial charge >= 0.3 is 5.97 Å². The summed E-state index contributed by atoms with van der Waals surface area (Å²) < 4.78 is 10.4. The number of amides is 1. The summed E-state index contributed by atoms with van der Waals surface area (Å²) in [5.41, 5.74) is 1.65. The zero-order valence-electron chi connectivity index (χ0n) is 12.2. The third-order valence-electron chi connectivity index (χ3n) is 3.11. The maximum atomic E-state index is 11.7. The Hall–Kier alpha value is -2.82. The molecule has 0 aliphatic heterocycles. The van der Waals surface area contributed by atoms with Gasteiger partial charge < -0.3 is 14.8 Å². The van der Waals surface area contributed by atoms with Crippen LogP contribution in [-0.2, 0) is 20.9 Å². The van der Waals surface area contributed by atoms with Crippen LogP contribution in [0.15, 0.2) is 54.6 Å². The molecule has 2 rings (SSSR count). The normalized spacial score (nSPS) is 11.3. The number of hydrogen-bond donors (Lipinski definition) is 1. The Labute approximate surface area is 128 Å². The van der Waals surface area contributed by atoms with Gasteiger partial charge in [0.2, 0.25) is 6.41 Å². The number of nitrogens with one attached hydrogen (secondary N) is 1. The summed E-state index contributed by atoms with van der Waals surface area (Å²) in [6.07, 6.45) is 0.471. The van der Waals surface area contributed by atoms with Gasteiger partial charge in [0, 0.05) is 0 Å². The van der Waals surface area contributed by atoms with E-state index in [0.717, 1.165) is 5.56 Å². The molecule has 1 unspecified atom stereocenters. The predicted molar refractivity (Wildman–Crippen MR) is 81.2 cm³/mol. The van der Waals surface area contributed by atoms with Crippen LogP contribution in [0.25, 0.3) is 0 Å². The van der Waals surface area contributed by atoms with Gasteiger partial charge in [-0.3, -0.25) is 4.79 Å².